The zero-order valence-corrected chi connectivity index (χ0v) is 17.4. The van der Waals surface area contributed by atoms with Gasteiger partial charge in [-0.1, -0.05) is 41.9 Å². The van der Waals surface area contributed by atoms with Crippen LogP contribution in [0.3, 0.4) is 0 Å². The number of nitro benzene ring substituents is 1. The summed E-state index contributed by atoms with van der Waals surface area (Å²) in [5.41, 5.74) is 3.10. The summed E-state index contributed by atoms with van der Waals surface area (Å²) < 4.78 is 16.4. The van der Waals surface area contributed by atoms with Crippen molar-refractivity contribution in [2.75, 3.05) is 11.1 Å². The van der Waals surface area contributed by atoms with E-state index in [0.29, 0.717) is 0 Å². The molecule has 3 rings (SSSR count). The van der Waals surface area contributed by atoms with Crippen LogP contribution in [0, 0.1) is 19.5 Å². The van der Waals surface area contributed by atoms with E-state index in [4.69, 9.17) is 17.3 Å². The van der Waals surface area contributed by atoms with Crippen molar-refractivity contribution >= 4 is 62.9 Å². The molecule has 0 bridgehead atoms. The van der Waals surface area contributed by atoms with Gasteiger partial charge in [0.05, 0.1) is 26.9 Å². The molecular formula is C19H12ClFIN3O4. The Morgan fingerprint density at radius 3 is 2.45 bits per heavy atom. The van der Waals surface area contributed by atoms with Gasteiger partial charge in [-0.3, -0.25) is 10.1 Å². The number of carboxylic acid groups (broad SMARTS) is 1. The van der Waals surface area contributed by atoms with Gasteiger partial charge in [0.25, 0.3) is 0 Å². The van der Waals surface area contributed by atoms with Gasteiger partial charge in [-0.25, -0.2) is 9.18 Å². The molecule has 148 valence electrons. The van der Waals surface area contributed by atoms with E-state index in [2.05, 4.69) is 5.32 Å². The van der Waals surface area contributed by atoms with Crippen LogP contribution in [0.4, 0.5) is 27.1 Å². The van der Waals surface area contributed by atoms with Crippen molar-refractivity contribution in [3.05, 3.63) is 78.6 Å². The van der Waals surface area contributed by atoms with E-state index in [1.807, 2.05) is 22.6 Å². The normalized spacial score (nSPS) is 10.6. The molecule has 3 aromatic rings. The lowest BCUT2D eigenvalue weighted by molar-refractivity contribution is -0.383. The quantitative estimate of drug-likeness (QED) is 0.170. The Morgan fingerprint density at radius 1 is 1.24 bits per heavy atom. The number of aromatic carboxylic acids is 1. The second-order valence-corrected chi connectivity index (χ2v) is 7.53. The third-order valence-electron chi connectivity index (χ3n) is 4.10. The average Bonchev–Trinajstić information content (AvgIpc) is 2.66. The monoisotopic (exact) mass is 527 g/mol. The lowest BCUT2D eigenvalue weighted by atomic mass is 9.96. The first-order valence-electron chi connectivity index (χ1n) is 8.02. The first kappa shape index (κ1) is 20.8. The van der Waals surface area contributed by atoms with Crippen LogP contribution in [0.25, 0.3) is 11.1 Å². The van der Waals surface area contributed by atoms with Crippen LogP contribution in [0.1, 0.15) is 10.4 Å². The first-order valence-corrected chi connectivity index (χ1v) is 9.48. The minimum absolute atomic E-state index is 0.178. The number of nitrogens with one attached hydrogen (secondary N) is 1. The third kappa shape index (κ3) is 3.96. The molecule has 4 N–H and O–H groups in total. The van der Waals surface area contributed by atoms with Crippen molar-refractivity contribution in [1.29, 1.82) is 0 Å². The molecule has 0 spiro atoms. The van der Waals surface area contributed by atoms with Crippen LogP contribution in [-0.2, 0) is 0 Å². The first-order chi connectivity index (χ1) is 13.7. The molecule has 0 amide bonds. The van der Waals surface area contributed by atoms with Gasteiger partial charge in [-0.2, -0.15) is 0 Å². The molecule has 0 unspecified atom stereocenters. The predicted molar refractivity (Wildman–Crippen MR) is 117 cm³/mol. The fraction of sp³-hybridized carbons (Fsp3) is 0. The van der Waals surface area contributed by atoms with Gasteiger partial charge in [-0.05, 0) is 46.4 Å². The minimum atomic E-state index is -1.62. The Bertz CT molecular complexity index is 1140. The van der Waals surface area contributed by atoms with Crippen molar-refractivity contribution in [3.63, 3.8) is 0 Å². The Labute approximate surface area is 182 Å². The molecule has 0 saturated heterocycles. The van der Waals surface area contributed by atoms with Gasteiger partial charge in [0, 0.05) is 3.57 Å². The summed E-state index contributed by atoms with van der Waals surface area (Å²) in [7, 11) is 0. The van der Waals surface area contributed by atoms with E-state index >= 15 is 4.39 Å². The predicted octanol–water partition coefficient (Wildman–Crippen LogP) is 5.68. The lowest BCUT2D eigenvalue weighted by Gasteiger charge is -2.17. The molecule has 7 nitrogen and oxygen atoms in total. The number of hydrogen-bond donors (Lipinski definition) is 3. The topological polar surface area (TPSA) is 118 Å². The van der Waals surface area contributed by atoms with Crippen LogP contribution in [0.15, 0.2) is 48.5 Å². The fourth-order valence-corrected chi connectivity index (χ4v) is 3.75. The van der Waals surface area contributed by atoms with E-state index < -0.39 is 44.9 Å². The average molecular weight is 528 g/mol. The van der Waals surface area contributed by atoms with Gasteiger partial charge in [0.15, 0.2) is 5.82 Å². The second kappa shape index (κ2) is 8.21. The van der Waals surface area contributed by atoms with Crippen LogP contribution in [-0.4, -0.2) is 16.0 Å². The standard InChI is InChI=1S/C19H12ClFIN3O4/c20-11-8-10(22)6-7-12(11)24-17-14(19(26)27)16(23)18(25(28)29)13(15(17)21)9-4-2-1-3-5-9/h1-8,24H,23H2,(H,26,27). The minimum Gasteiger partial charge on any atom is -0.478 e. The number of rotatable bonds is 5. The maximum atomic E-state index is 15.5. The highest BCUT2D eigenvalue weighted by molar-refractivity contribution is 14.1. The van der Waals surface area contributed by atoms with Gasteiger partial charge >= 0.3 is 11.7 Å². The number of hydrogen-bond acceptors (Lipinski definition) is 5. The SMILES string of the molecule is Nc1c(C(=O)O)c(Nc2ccc(I)cc2Cl)c(F)c(-c2ccccc2)c1[N+](=O)[O-]. The molecule has 0 saturated carbocycles. The number of nitrogens with zero attached hydrogens (tertiary/aromatic N) is 1. The fourth-order valence-electron chi connectivity index (χ4n) is 2.85. The summed E-state index contributed by atoms with van der Waals surface area (Å²) in [5, 5.41) is 24.1. The summed E-state index contributed by atoms with van der Waals surface area (Å²) in [4.78, 5) is 22.5. The van der Waals surface area contributed by atoms with E-state index in [9.17, 15) is 20.0 Å². The molecule has 10 heteroatoms. The van der Waals surface area contributed by atoms with Crippen molar-refractivity contribution < 1.29 is 19.2 Å². The van der Waals surface area contributed by atoms with E-state index in [1.165, 1.54) is 18.2 Å². The highest BCUT2D eigenvalue weighted by Gasteiger charge is 2.33. The highest BCUT2D eigenvalue weighted by Crippen LogP contribution is 2.45. The van der Waals surface area contributed by atoms with Gasteiger partial charge in [-0.15, -0.1) is 0 Å². The molecule has 0 aromatic heterocycles. The Balaban J connectivity index is 2.36. The molecule has 0 aliphatic carbocycles. The molecule has 0 aliphatic rings. The van der Waals surface area contributed by atoms with E-state index in [-0.39, 0.29) is 16.3 Å². The van der Waals surface area contributed by atoms with Crippen molar-refractivity contribution in [2.45, 2.75) is 0 Å². The Hall–Kier alpha value is -2.92. The zero-order valence-electron chi connectivity index (χ0n) is 14.4. The number of anilines is 3. The molecule has 29 heavy (non-hydrogen) atoms. The van der Waals surface area contributed by atoms with Crippen molar-refractivity contribution in [1.82, 2.24) is 0 Å². The van der Waals surface area contributed by atoms with Crippen LogP contribution < -0.4 is 11.1 Å². The number of halogens is 3. The van der Waals surface area contributed by atoms with Gasteiger partial charge in [0.2, 0.25) is 0 Å². The molecule has 0 fully saturated rings. The summed E-state index contributed by atoms with van der Waals surface area (Å²) in [6.45, 7) is 0. The molecule has 0 radical (unpaired) electrons. The summed E-state index contributed by atoms with van der Waals surface area (Å²) in [5.74, 6) is -2.74. The number of nitrogen functional groups attached to an aromatic ring is 1. The van der Waals surface area contributed by atoms with Crippen LogP contribution in [0.5, 0.6) is 0 Å². The van der Waals surface area contributed by atoms with Crippen LogP contribution >= 0.6 is 34.2 Å². The smallest absolute Gasteiger partial charge is 0.340 e. The molecule has 0 aliphatic heterocycles. The maximum Gasteiger partial charge on any atom is 0.340 e. The van der Waals surface area contributed by atoms with Gasteiger partial charge < -0.3 is 16.2 Å². The lowest BCUT2D eigenvalue weighted by Crippen LogP contribution is -2.13. The zero-order chi connectivity index (χ0) is 21.3. The summed E-state index contributed by atoms with van der Waals surface area (Å²) in [6.07, 6.45) is 0. The maximum absolute atomic E-state index is 15.5. The van der Waals surface area contributed by atoms with E-state index in [0.717, 1.165) is 3.57 Å². The number of nitro groups is 1. The van der Waals surface area contributed by atoms with E-state index in [1.54, 1.807) is 30.3 Å². The number of carboxylic acids is 1. The van der Waals surface area contributed by atoms with Crippen molar-refractivity contribution in [3.8, 4) is 11.1 Å². The summed E-state index contributed by atoms with van der Waals surface area (Å²) in [6, 6.07) is 12.5. The van der Waals surface area contributed by atoms with Crippen molar-refractivity contribution in [2.24, 2.45) is 0 Å². The number of carbonyl (C=O) groups is 1. The third-order valence-corrected chi connectivity index (χ3v) is 5.08. The Kier molecular flexibility index (Phi) is 5.89. The molecule has 3 aromatic carbocycles. The van der Waals surface area contributed by atoms with Crippen LogP contribution in [0.2, 0.25) is 5.02 Å². The number of benzene rings is 3. The van der Waals surface area contributed by atoms with Gasteiger partial charge in [0.1, 0.15) is 11.3 Å². The Morgan fingerprint density at radius 2 is 1.90 bits per heavy atom. The second-order valence-electron chi connectivity index (χ2n) is 5.88. The summed E-state index contributed by atoms with van der Waals surface area (Å²) >= 11 is 8.20. The number of nitrogens with two attached hydrogens (primary N) is 1. The molecular weight excluding hydrogens is 516 g/mol. The largest absolute Gasteiger partial charge is 0.478 e. The highest BCUT2D eigenvalue weighted by atomic mass is 127. The molecule has 0 heterocycles. The molecule has 0 atom stereocenters.